The fraction of sp³-hybridized carbons (Fsp3) is 0.400. The summed E-state index contributed by atoms with van der Waals surface area (Å²) in [5, 5.41) is 16.4. The molecular weight excluding hydrogens is 192 g/mol. The number of aliphatic hydroxyl groups excluding tert-OH is 1. The summed E-state index contributed by atoms with van der Waals surface area (Å²) >= 11 is 0. The Balaban J connectivity index is 2.75. The molecule has 0 spiro atoms. The van der Waals surface area contributed by atoms with Crippen LogP contribution in [0.15, 0.2) is 18.3 Å². The van der Waals surface area contributed by atoms with E-state index >= 15 is 0 Å². The average molecular weight is 208 g/mol. The molecule has 1 rings (SSSR count). The maximum atomic E-state index is 9.21. The van der Waals surface area contributed by atoms with E-state index in [4.69, 9.17) is 11.1 Å². The van der Waals surface area contributed by atoms with Crippen molar-refractivity contribution in [3.05, 3.63) is 24.0 Å². The molecule has 0 saturated heterocycles. The topological polar surface area (TPSA) is 86.2 Å². The minimum atomic E-state index is -0.387. The Hall–Kier alpha value is -1.62. The maximum absolute atomic E-state index is 9.21. The summed E-state index contributed by atoms with van der Waals surface area (Å²) in [5.41, 5.74) is 6.64. The van der Waals surface area contributed by atoms with E-state index in [9.17, 15) is 5.11 Å². The summed E-state index contributed by atoms with van der Waals surface area (Å²) < 4.78 is 0. The van der Waals surface area contributed by atoms with Gasteiger partial charge in [-0.05, 0) is 19.1 Å². The van der Waals surface area contributed by atoms with Crippen molar-refractivity contribution < 1.29 is 5.11 Å². The van der Waals surface area contributed by atoms with Crippen molar-refractivity contribution in [3.8, 4) is 0 Å². The van der Waals surface area contributed by atoms with Crippen LogP contribution in [0.3, 0.4) is 0 Å². The van der Waals surface area contributed by atoms with Gasteiger partial charge in [0.05, 0.1) is 18.0 Å². The average Bonchev–Trinajstić information content (AvgIpc) is 2.17. The number of aromatic nitrogens is 1. The van der Waals surface area contributed by atoms with E-state index in [1.165, 1.54) is 0 Å². The number of rotatable bonds is 4. The lowest BCUT2D eigenvalue weighted by Crippen LogP contribution is -2.27. The zero-order valence-corrected chi connectivity index (χ0v) is 8.94. The highest BCUT2D eigenvalue weighted by atomic mass is 16.3. The first kappa shape index (κ1) is 11.5. The van der Waals surface area contributed by atoms with Gasteiger partial charge in [0.15, 0.2) is 0 Å². The minimum Gasteiger partial charge on any atom is -0.392 e. The zero-order chi connectivity index (χ0) is 11.4. The Labute approximate surface area is 89.1 Å². The Kier molecular flexibility index (Phi) is 3.62. The molecule has 1 aromatic rings. The summed E-state index contributed by atoms with van der Waals surface area (Å²) in [6.45, 7) is 2.27. The standard InChI is InChI=1S/C10H16N4O/c1-7(15)6-14(2)8-3-4-9(10(11)12)13-5-8/h3-5,7,15H,6H2,1-2H3,(H3,11,12). The van der Waals surface area contributed by atoms with Crippen LogP contribution in [0.2, 0.25) is 0 Å². The number of hydrogen-bond acceptors (Lipinski definition) is 4. The first-order valence-electron chi connectivity index (χ1n) is 4.70. The highest BCUT2D eigenvalue weighted by molar-refractivity contribution is 5.93. The van der Waals surface area contributed by atoms with E-state index in [1.807, 2.05) is 18.0 Å². The van der Waals surface area contributed by atoms with Crippen LogP contribution in [0.4, 0.5) is 5.69 Å². The van der Waals surface area contributed by atoms with E-state index in [0.717, 1.165) is 5.69 Å². The molecule has 1 aromatic heterocycles. The highest BCUT2D eigenvalue weighted by Gasteiger charge is 2.05. The molecule has 0 bridgehead atoms. The molecule has 0 aliphatic rings. The molecule has 5 heteroatoms. The van der Waals surface area contributed by atoms with Gasteiger partial charge in [-0.2, -0.15) is 0 Å². The van der Waals surface area contributed by atoms with Gasteiger partial charge < -0.3 is 15.7 Å². The molecular formula is C10H16N4O. The largest absolute Gasteiger partial charge is 0.392 e. The van der Waals surface area contributed by atoms with Crippen molar-refractivity contribution in [3.63, 3.8) is 0 Å². The van der Waals surface area contributed by atoms with Crippen molar-refractivity contribution in [2.45, 2.75) is 13.0 Å². The summed E-state index contributed by atoms with van der Waals surface area (Å²) in [6.07, 6.45) is 1.25. The lowest BCUT2D eigenvalue weighted by atomic mass is 10.3. The molecule has 1 unspecified atom stereocenters. The van der Waals surface area contributed by atoms with Gasteiger partial charge in [-0.3, -0.25) is 10.4 Å². The van der Waals surface area contributed by atoms with Crippen LogP contribution in [-0.4, -0.2) is 35.6 Å². The van der Waals surface area contributed by atoms with Gasteiger partial charge in [0.2, 0.25) is 0 Å². The van der Waals surface area contributed by atoms with Crippen LogP contribution < -0.4 is 10.6 Å². The van der Waals surface area contributed by atoms with E-state index < -0.39 is 0 Å². The molecule has 0 aliphatic carbocycles. The number of nitrogen functional groups attached to an aromatic ring is 1. The van der Waals surface area contributed by atoms with Crippen LogP contribution in [-0.2, 0) is 0 Å². The number of pyridine rings is 1. The van der Waals surface area contributed by atoms with Gasteiger partial charge in [0.25, 0.3) is 0 Å². The number of amidine groups is 1. The molecule has 1 heterocycles. The third-order valence-corrected chi connectivity index (χ3v) is 2.00. The van der Waals surface area contributed by atoms with E-state index in [0.29, 0.717) is 12.2 Å². The van der Waals surface area contributed by atoms with Gasteiger partial charge in [-0.1, -0.05) is 0 Å². The predicted octanol–water partition coefficient (Wildman–Crippen LogP) is 0.183. The Morgan fingerprint density at radius 2 is 2.33 bits per heavy atom. The van der Waals surface area contributed by atoms with E-state index in [2.05, 4.69) is 4.98 Å². The molecule has 0 aliphatic heterocycles. The summed E-state index contributed by atoms with van der Waals surface area (Å²) in [4.78, 5) is 5.92. The molecule has 1 atom stereocenters. The smallest absolute Gasteiger partial charge is 0.141 e. The van der Waals surface area contributed by atoms with Crippen LogP contribution >= 0.6 is 0 Å². The fourth-order valence-corrected chi connectivity index (χ4v) is 1.27. The number of aliphatic hydroxyl groups is 1. The van der Waals surface area contributed by atoms with Gasteiger partial charge in [0.1, 0.15) is 11.5 Å². The molecule has 82 valence electrons. The number of anilines is 1. The molecule has 0 saturated carbocycles. The van der Waals surface area contributed by atoms with E-state index in [1.54, 1.807) is 19.2 Å². The van der Waals surface area contributed by atoms with Crippen molar-refractivity contribution in [2.75, 3.05) is 18.5 Å². The third kappa shape index (κ3) is 3.21. The molecule has 0 radical (unpaired) electrons. The predicted molar refractivity (Wildman–Crippen MR) is 60.2 cm³/mol. The quantitative estimate of drug-likeness (QED) is 0.486. The highest BCUT2D eigenvalue weighted by Crippen LogP contribution is 2.11. The van der Waals surface area contributed by atoms with Crippen LogP contribution in [0, 0.1) is 5.41 Å². The van der Waals surface area contributed by atoms with E-state index in [-0.39, 0.29) is 11.9 Å². The van der Waals surface area contributed by atoms with Crippen molar-refractivity contribution in [1.29, 1.82) is 5.41 Å². The van der Waals surface area contributed by atoms with Crippen molar-refractivity contribution >= 4 is 11.5 Å². The van der Waals surface area contributed by atoms with Crippen molar-refractivity contribution in [1.82, 2.24) is 4.98 Å². The number of likely N-dealkylation sites (N-methyl/N-ethyl adjacent to an activating group) is 1. The second-order valence-corrected chi connectivity index (χ2v) is 3.54. The van der Waals surface area contributed by atoms with Gasteiger partial charge in [-0.25, -0.2) is 0 Å². The van der Waals surface area contributed by atoms with Gasteiger partial charge in [0, 0.05) is 13.6 Å². The Morgan fingerprint density at radius 1 is 1.67 bits per heavy atom. The van der Waals surface area contributed by atoms with Gasteiger partial charge in [-0.15, -0.1) is 0 Å². The molecule has 0 fully saturated rings. The monoisotopic (exact) mass is 208 g/mol. The number of nitrogens with zero attached hydrogens (tertiary/aromatic N) is 2. The second kappa shape index (κ2) is 4.75. The SMILES string of the molecule is CC(O)CN(C)c1ccc(C(=N)N)nc1. The second-order valence-electron chi connectivity index (χ2n) is 3.54. The Morgan fingerprint density at radius 3 is 2.73 bits per heavy atom. The zero-order valence-electron chi connectivity index (χ0n) is 8.94. The lowest BCUT2D eigenvalue weighted by molar-refractivity contribution is 0.201. The Bertz CT molecular complexity index is 334. The van der Waals surface area contributed by atoms with Gasteiger partial charge >= 0.3 is 0 Å². The van der Waals surface area contributed by atoms with Crippen LogP contribution in [0.1, 0.15) is 12.6 Å². The number of hydrogen-bond donors (Lipinski definition) is 3. The lowest BCUT2D eigenvalue weighted by Gasteiger charge is -2.20. The first-order chi connectivity index (χ1) is 7.00. The molecule has 0 aromatic carbocycles. The normalized spacial score (nSPS) is 12.2. The fourth-order valence-electron chi connectivity index (χ4n) is 1.27. The third-order valence-electron chi connectivity index (χ3n) is 2.00. The molecule has 5 nitrogen and oxygen atoms in total. The molecule has 0 amide bonds. The first-order valence-corrected chi connectivity index (χ1v) is 4.70. The minimum absolute atomic E-state index is 0.0419. The van der Waals surface area contributed by atoms with Crippen molar-refractivity contribution in [2.24, 2.45) is 5.73 Å². The number of nitrogens with one attached hydrogen (secondary N) is 1. The summed E-state index contributed by atoms with van der Waals surface area (Å²) in [6, 6.07) is 3.52. The molecule has 15 heavy (non-hydrogen) atoms. The summed E-state index contributed by atoms with van der Waals surface area (Å²) in [7, 11) is 1.87. The van der Waals surface area contributed by atoms with Crippen LogP contribution in [0.5, 0.6) is 0 Å². The molecule has 4 N–H and O–H groups in total. The summed E-state index contributed by atoms with van der Waals surface area (Å²) in [5.74, 6) is -0.0419. The van der Waals surface area contributed by atoms with Crippen LogP contribution in [0.25, 0.3) is 0 Å². The maximum Gasteiger partial charge on any atom is 0.141 e. The number of nitrogens with two attached hydrogens (primary N) is 1.